The van der Waals surface area contributed by atoms with Crippen LogP contribution in [0.4, 0.5) is 24.9 Å². The number of fused-ring (bicyclic) bond motifs is 1. The van der Waals surface area contributed by atoms with Crippen molar-refractivity contribution < 1.29 is 27.5 Å². The predicted molar refractivity (Wildman–Crippen MR) is 150 cm³/mol. The molecule has 11 nitrogen and oxygen atoms in total. The average molecular weight is 585 g/mol. The Morgan fingerprint density at radius 1 is 1.21 bits per heavy atom. The molecule has 2 aromatic heterocycles. The molecule has 14 heteroatoms. The largest absolute Gasteiger partial charge is 0.458 e. The number of aromatic nitrogens is 4. The first-order chi connectivity index (χ1) is 19.8. The number of rotatable bonds is 8. The molecule has 5 rings (SSSR count). The van der Waals surface area contributed by atoms with Crippen molar-refractivity contribution >= 4 is 41.3 Å². The molecular formula is C28H31F3N8O3. The van der Waals surface area contributed by atoms with E-state index in [2.05, 4.69) is 32.4 Å². The third kappa shape index (κ3) is 5.60. The number of alkyl halides is 3. The van der Waals surface area contributed by atoms with E-state index in [1.165, 1.54) is 19.9 Å². The minimum atomic E-state index is -4.58. The van der Waals surface area contributed by atoms with E-state index in [0.717, 1.165) is 10.7 Å². The van der Waals surface area contributed by atoms with E-state index in [0.29, 0.717) is 54.4 Å². The van der Waals surface area contributed by atoms with Crippen molar-refractivity contribution in [1.82, 2.24) is 29.5 Å². The van der Waals surface area contributed by atoms with Crippen LogP contribution in [0, 0.1) is 5.41 Å². The second-order valence-corrected chi connectivity index (χ2v) is 10.7. The van der Waals surface area contributed by atoms with Gasteiger partial charge in [-0.2, -0.15) is 18.3 Å². The Bertz CT molecular complexity index is 1620. The molecule has 222 valence electrons. The molecular weight excluding hydrogens is 553 g/mol. The van der Waals surface area contributed by atoms with Gasteiger partial charge in [0.05, 0.1) is 17.1 Å². The number of imidazole rings is 1. The zero-order valence-electron chi connectivity index (χ0n) is 23.6. The van der Waals surface area contributed by atoms with Gasteiger partial charge in [0.1, 0.15) is 23.0 Å². The highest BCUT2D eigenvalue weighted by Gasteiger charge is 2.55. The van der Waals surface area contributed by atoms with E-state index < -0.39 is 17.9 Å². The van der Waals surface area contributed by atoms with Gasteiger partial charge >= 0.3 is 6.18 Å². The van der Waals surface area contributed by atoms with Gasteiger partial charge in [0, 0.05) is 57.6 Å². The van der Waals surface area contributed by atoms with Crippen molar-refractivity contribution in [2.45, 2.75) is 45.8 Å². The molecule has 3 heterocycles. The monoisotopic (exact) mass is 584 g/mol. The molecule has 0 bridgehead atoms. The van der Waals surface area contributed by atoms with E-state index in [1.807, 2.05) is 0 Å². The fourth-order valence-corrected chi connectivity index (χ4v) is 5.51. The highest BCUT2D eigenvalue weighted by Crippen LogP contribution is 2.55. The summed E-state index contributed by atoms with van der Waals surface area (Å²) in [5, 5.41) is 9.76. The van der Waals surface area contributed by atoms with Gasteiger partial charge in [-0.15, -0.1) is 0 Å². The average Bonchev–Trinajstić information content (AvgIpc) is 3.42. The molecule has 1 spiro atoms. The van der Waals surface area contributed by atoms with Crippen LogP contribution < -0.4 is 15.4 Å². The van der Waals surface area contributed by atoms with Crippen LogP contribution in [0.2, 0.25) is 0 Å². The van der Waals surface area contributed by atoms with Gasteiger partial charge in [0.2, 0.25) is 17.8 Å². The Morgan fingerprint density at radius 2 is 1.93 bits per heavy atom. The highest BCUT2D eigenvalue weighted by atomic mass is 19.4. The number of carbonyl (C=O) groups is 2. The lowest BCUT2D eigenvalue weighted by molar-refractivity contribution is -0.158. The minimum absolute atomic E-state index is 0.0213. The number of ether oxygens (including phenoxy) is 1. The number of aryl methyl sites for hydroxylation is 1. The number of likely N-dealkylation sites (tertiary alicyclic amines) is 1. The quantitative estimate of drug-likeness (QED) is 0.226. The first kappa shape index (κ1) is 28.9. The van der Waals surface area contributed by atoms with E-state index in [-0.39, 0.29) is 28.9 Å². The summed E-state index contributed by atoms with van der Waals surface area (Å²) in [5.74, 6) is 1.11. The number of halogens is 3. The second kappa shape index (κ2) is 10.7. The molecule has 0 radical (unpaired) electrons. The molecule has 0 atom stereocenters. The van der Waals surface area contributed by atoms with Gasteiger partial charge in [0.15, 0.2) is 5.82 Å². The van der Waals surface area contributed by atoms with Crippen LogP contribution in [-0.2, 0) is 22.8 Å². The minimum Gasteiger partial charge on any atom is -0.458 e. The zero-order chi connectivity index (χ0) is 30.4. The normalized spacial score (nSPS) is 17.2. The van der Waals surface area contributed by atoms with E-state index >= 15 is 0 Å². The summed E-state index contributed by atoms with van der Waals surface area (Å²) in [4.78, 5) is 32.9. The maximum atomic E-state index is 14.0. The predicted octanol–water partition coefficient (Wildman–Crippen LogP) is 4.68. The van der Waals surface area contributed by atoms with Crippen LogP contribution in [0.25, 0.3) is 11.0 Å². The van der Waals surface area contributed by atoms with E-state index in [9.17, 15) is 22.8 Å². The van der Waals surface area contributed by atoms with E-state index in [4.69, 9.17) is 4.74 Å². The summed E-state index contributed by atoms with van der Waals surface area (Å²) < 4.78 is 50.5. The summed E-state index contributed by atoms with van der Waals surface area (Å²) >= 11 is 0. The van der Waals surface area contributed by atoms with Crippen LogP contribution in [-0.4, -0.2) is 55.9 Å². The van der Waals surface area contributed by atoms with Crippen molar-refractivity contribution in [3.05, 3.63) is 53.7 Å². The van der Waals surface area contributed by atoms with Crippen molar-refractivity contribution in [3.63, 3.8) is 0 Å². The number of nitrogens with zero attached hydrogens (tertiary/aromatic N) is 6. The number of hydrogen-bond donors (Lipinski definition) is 2. The van der Waals surface area contributed by atoms with Gasteiger partial charge in [0.25, 0.3) is 0 Å². The van der Waals surface area contributed by atoms with Crippen molar-refractivity contribution in [1.29, 1.82) is 0 Å². The topological polar surface area (TPSA) is 119 Å². The Balaban J connectivity index is 1.34. The van der Waals surface area contributed by atoms with Gasteiger partial charge in [-0.1, -0.05) is 0 Å². The Morgan fingerprint density at radius 3 is 2.52 bits per heavy atom. The third-order valence-electron chi connectivity index (χ3n) is 7.57. The molecule has 2 aliphatic rings. The maximum absolute atomic E-state index is 14.0. The van der Waals surface area contributed by atoms with Gasteiger partial charge in [-0.05, 0) is 44.7 Å². The van der Waals surface area contributed by atoms with Crippen LogP contribution >= 0.6 is 0 Å². The zero-order valence-corrected chi connectivity index (χ0v) is 23.6. The van der Waals surface area contributed by atoms with Crippen LogP contribution in [0.3, 0.4) is 0 Å². The highest BCUT2D eigenvalue weighted by molar-refractivity contribution is 5.81. The maximum Gasteiger partial charge on any atom is 0.433 e. The lowest BCUT2D eigenvalue weighted by Gasteiger charge is -2.58. The number of nitrogens with one attached hydrogen (secondary N) is 2. The lowest BCUT2D eigenvalue weighted by Crippen LogP contribution is -2.63. The molecule has 1 saturated heterocycles. The van der Waals surface area contributed by atoms with Crippen LogP contribution in [0.1, 0.15) is 45.3 Å². The molecule has 2 fully saturated rings. The second-order valence-electron chi connectivity index (χ2n) is 10.7. The van der Waals surface area contributed by atoms with Crippen LogP contribution in [0.15, 0.2) is 53.0 Å². The molecule has 1 saturated carbocycles. The fraction of sp³-hybridized carbons (Fsp3) is 0.393. The SMILES string of the molecule is C=N/C(=C\C(=C/C)Oc1ccc2nc(Nc3cc(C(F)(F)F)n(C4CC5(C4)CN(C(C)=O)C5)n3)n(C)c2c1)NC(C)=O. The van der Waals surface area contributed by atoms with Crippen molar-refractivity contribution in [2.75, 3.05) is 18.4 Å². The standard InChI is InChI=1S/C28H31F3N8O3/c1-6-19(10-24(32-4)33-16(2)40)42-20-7-8-21-22(9-20)37(5)26(34-21)35-25-11-23(28(29,30)31)39(36-25)18-12-27(13-18)14-38(15-27)17(3)41/h6-11,18H,4,12-15H2,1-3,5H3,(H,33,40)(H,34,35,36)/b19-6+,24-10+. The number of carbonyl (C=O) groups excluding carboxylic acids is 2. The van der Waals surface area contributed by atoms with Crippen LogP contribution in [0.5, 0.6) is 5.75 Å². The first-order valence-electron chi connectivity index (χ1n) is 13.3. The summed E-state index contributed by atoms with van der Waals surface area (Å²) in [6.07, 6.45) is -0.295. The molecule has 0 unspecified atom stereocenters. The molecule has 42 heavy (non-hydrogen) atoms. The summed E-state index contributed by atoms with van der Waals surface area (Å²) in [6.45, 7) is 9.20. The number of aliphatic imine (C=N–C) groups is 1. The smallest absolute Gasteiger partial charge is 0.433 e. The molecule has 3 aromatic rings. The Labute approximate surface area is 239 Å². The molecule has 1 aliphatic heterocycles. The van der Waals surface area contributed by atoms with Gasteiger partial charge in [-0.3, -0.25) is 14.3 Å². The van der Waals surface area contributed by atoms with Gasteiger partial charge < -0.3 is 24.8 Å². The van der Waals surface area contributed by atoms with Crippen molar-refractivity contribution in [2.24, 2.45) is 17.5 Å². The van der Waals surface area contributed by atoms with Gasteiger partial charge in [-0.25, -0.2) is 9.98 Å². The molecule has 1 aromatic carbocycles. The first-order valence-corrected chi connectivity index (χ1v) is 13.3. The van der Waals surface area contributed by atoms with Crippen molar-refractivity contribution in [3.8, 4) is 5.75 Å². The summed E-state index contributed by atoms with van der Waals surface area (Å²) in [6, 6.07) is 5.76. The molecule has 2 amide bonds. The number of benzene rings is 1. The third-order valence-corrected chi connectivity index (χ3v) is 7.57. The molecule has 1 aliphatic carbocycles. The fourth-order valence-electron chi connectivity index (χ4n) is 5.51. The summed E-state index contributed by atoms with van der Waals surface area (Å²) in [5.41, 5.74) is 0.302. The Hall–Kier alpha value is -4.62. The Kier molecular flexibility index (Phi) is 7.33. The number of amides is 2. The number of hydrogen-bond acceptors (Lipinski definition) is 7. The lowest BCUT2D eigenvalue weighted by atomic mass is 9.60. The van der Waals surface area contributed by atoms with E-state index in [1.54, 1.807) is 47.7 Å². The number of anilines is 2. The molecule has 2 N–H and O–H groups in total. The number of allylic oxidation sites excluding steroid dienone is 2. The summed E-state index contributed by atoms with van der Waals surface area (Å²) in [7, 11) is 1.73.